The maximum absolute atomic E-state index is 12.8. The van der Waals surface area contributed by atoms with Gasteiger partial charge in [0, 0.05) is 11.8 Å². The smallest absolute Gasteiger partial charge is 0.153 e. The first-order valence-electron chi connectivity index (χ1n) is 6.06. The molecule has 3 nitrogen and oxygen atoms in total. The fourth-order valence-corrected chi connectivity index (χ4v) is 1.94. The third-order valence-electron chi connectivity index (χ3n) is 2.40. The van der Waals surface area contributed by atoms with Gasteiger partial charge in [-0.25, -0.2) is 14.1 Å². The van der Waals surface area contributed by atoms with Crippen LogP contribution in [0.4, 0.5) is 4.39 Å². The quantitative estimate of drug-likeness (QED) is 0.591. The Bertz CT molecular complexity index is 642. The van der Waals surface area contributed by atoms with Crippen LogP contribution in [0.15, 0.2) is 24.5 Å². The minimum absolute atomic E-state index is 0.355. The van der Waals surface area contributed by atoms with Crippen LogP contribution in [0.3, 0.4) is 0 Å². The fourth-order valence-electron chi connectivity index (χ4n) is 1.45. The highest BCUT2D eigenvalue weighted by Crippen LogP contribution is 2.10. The van der Waals surface area contributed by atoms with Crippen LogP contribution in [-0.4, -0.2) is 22.8 Å². The molecule has 0 N–H and O–H groups in total. The van der Waals surface area contributed by atoms with E-state index in [0.717, 1.165) is 11.3 Å². The standard InChI is InChI=1S/C14H16FN3Si/c1-11-10-18(14-6-5-12(15)9-16-14)17-13(11)7-8-19(2,3)4/h5-6,9-10H,1-4H3. The van der Waals surface area contributed by atoms with Gasteiger partial charge in [-0.15, -0.1) is 5.54 Å². The van der Waals surface area contributed by atoms with E-state index < -0.39 is 8.07 Å². The van der Waals surface area contributed by atoms with Gasteiger partial charge in [-0.05, 0) is 19.1 Å². The van der Waals surface area contributed by atoms with Gasteiger partial charge in [0.15, 0.2) is 5.82 Å². The molecule has 0 saturated carbocycles. The summed E-state index contributed by atoms with van der Waals surface area (Å²) < 4.78 is 14.5. The van der Waals surface area contributed by atoms with Crippen LogP contribution in [0.5, 0.6) is 0 Å². The number of nitrogens with zero attached hydrogens (tertiary/aromatic N) is 3. The second kappa shape index (κ2) is 4.98. The van der Waals surface area contributed by atoms with E-state index in [0.29, 0.717) is 5.82 Å². The first kappa shape index (κ1) is 13.5. The molecule has 0 spiro atoms. The summed E-state index contributed by atoms with van der Waals surface area (Å²) >= 11 is 0. The fraction of sp³-hybridized carbons (Fsp3) is 0.286. The summed E-state index contributed by atoms with van der Waals surface area (Å²) in [6.07, 6.45) is 3.04. The Kier molecular flexibility index (Phi) is 3.54. The zero-order chi connectivity index (χ0) is 14.0. The number of hydrogen-bond donors (Lipinski definition) is 0. The lowest BCUT2D eigenvalue weighted by atomic mass is 10.3. The molecule has 5 heteroatoms. The van der Waals surface area contributed by atoms with Crippen molar-refractivity contribution < 1.29 is 4.39 Å². The van der Waals surface area contributed by atoms with Crippen molar-refractivity contribution in [3.8, 4) is 17.3 Å². The number of rotatable bonds is 1. The van der Waals surface area contributed by atoms with Crippen LogP contribution in [0.2, 0.25) is 19.6 Å². The topological polar surface area (TPSA) is 30.7 Å². The van der Waals surface area contributed by atoms with Crippen molar-refractivity contribution in [3.63, 3.8) is 0 Å². The molecule has 0 saturated heterocycles. The van der Waals surface area contributed by atoms with Crippen molar-refractivity contribution in [2.45, 2.75) is 26.6 Å². The summed E-state index contributed by atoms with van der Waals surface area (Å²) in [6, 6.07) is 2.96. The predicted molar refractivity (Wildman–Crippen MR) is 76.3 cm³/mol. The predicted octanol–water partition coefficient (Wildman–Crippen LogP) is 2.94. The Balaban J connectivity index is 2.35. The Morgan fingerprint density at radius 2 is 2.00 bits per heavy atom. The molecule has 2 heterocycles. The Morgan fingerprint density at radius 3 is 2.58 bits per heavy atom. The second-order valence-corrected chi connectivity index (χ2v) is 10.2. The summed E-state index contributed by atoms with van der Waals surface area (Å²) in [4.78, 5) is 4.00. The van der Waals surface area contributed by atoms with E-state index in [1.165, 1.54) is 12.3 Å². The molecule has 0 aliphatic carbocycles. The van der Waals surface area contributed by atoms with Crippen molar-refractivity contribution in [1.82, 2.24) is 14.8 Å². The summed E-state index contributed by atoms with van der Waals surface area (Å²) in [5.41, 5.74) is 5.04. The van der Waals surface area contributed by atoms with E-state index in [2.05, 4.69) is 41.2 Å². The highest BCUT2D eigenvalue weighted by atomic mass is 28.3. The molecule has 0 atom stereocenters. The molecule has 0 radical (unpaired) electrons. The SMILES string of the molecule is Cc1cn(-c2ccc(F)cn2)nc1C#C[Si](C)(C)C. The van der Waals surface area contributed by atoms with Gasteiger partial charge in [0.25, 0.3) is 0 Å². The molecule has 2 aromatic rings. The zero-order valence-corrected chi connectivity index (χ0v) is 12.5. The van der Waals surface area contributed by atoms with E-state index in [1.54, 1.807) is 10.7 Å². The van der Waals surface area contributed by atoms with Gasteiger partial charge in [0.05, 0.1) is 6.20 Å². The summed E-state index contributed by atoms with van der Waals surface area (Å²) in [7, 11) is -1.42. The van der Waals surface area contributed by atoms with E-state index in [4.69, 9.17) is 0 Å². The molecule has 0 unspecified atom stereocenters. The molecule has 0 fully saturated rings. The van der Waals surface area contributed by atoms with Crippen molar-refractivity contribution in [2.75, 3.05) is 0 Å². The molecule has 0 aromatic carbocycles. The highest BCUT2D eigenvalue weighted by Gasteiger charge is 2.09. The average molecular weight is 273 g/mol. The maximum Gasteiger partial charge on any atom is 0.153 e. The first-order valence-corrected chi connectivity index (χ1v) is 9.56. The number of halogens is 1. The van der Waals surface area contributed by atoms with E-state index in [-0.39, 0.29) is 5.82 Å². The van der Waals surface area contributed by atoms with Gasteiger partial charge in [-0.1, -0.05) is 25.6 Å². The Hall–Kier alpha value is -1.93. The van der Waals surface area contributed by atoms with Crippen molar-refractivity contribution >= 4 is 8.07 Å². The molecule has 0 aliphatic heterocycles. The number of aromatic nitrogens is 3. The number of aryl methyl sites for hydroxylation is 1. The third-order valence-corrected chi connectivity index (χ3v) is 3.27. The number of hydrogen-bond acceptors (Lipinski definition) is 2. The van der Waals surface area contributed by atoms with Crippen LogP contribution in [0, 0.1) is 24.2 Å². The zero-order valence-electron chi connectivity index (χ0n) is 11.5. The van der Waals surface area contributed by atoms with Gasteiger partial charge in [-0.2, -0.15) is 5.10 Å². The molecule has 0 amide bonds. The van der Waals surface area contributed by atoms with Gasteiger partial charge < -0.3 is 0 Å². The largest absolute Gasteiger partial charge is 0.234 e. The van der Waals surface area contributed by atoms with Crippen LogP contribution in [0.25, 0.3) is 5.82 Å². The second-order valence-electron chi connectivity index (χ2n) is 5.44. The molecular formula is C14H16FN3Si. The minimum atomic E-state index is -1.42. The third kappa shape index (κ3) is 3.52. The van der Waals surface area contributed by atoms with E-state index >= 15 is 0 Å². The van der Waals surface area contributed by atoms with Gasteiger partial charge in [0.2, 0.25) is 0 Å². The highest BCUT2D eigenvalue weighted by molar-refractivity contribution is 6.83. The summed E-state index contributed by atoms with van der Waals surface area (Å²) in [6.45, 7) is 8.52. The summed E-state index contributed by atoms with van der Waals surface area (Å²) in [5.74, 6) is 3.37. The molecule has 2 aromatic heterocycles. The maximum atomic E-state index is 12.8. The average Bonchev–Trinajstić information content (AvgIpc) is 2.68. The van der Waals surface area contributed by atoms with E-state index in [9.17, 15) is 4.39 Å². The van der Waals surface area contributed by atoms with Crippen LogP contribution in [0.1, 0.15) is 11.3 Å². The molecule has 19 heavy (non-hydrogen) atoms. The number of pyridine rings is 1. The van der Waals surface area contributed by atoms with Crippen LogP contribution < -0.4 is 0 Å². The van der Waals surface area contributed by atoms with Gasteiger partial charge >= 0.3 is 0 Å². The first-order chi connectivity index (χ1) is 8.85. The van der Waals surface area contributed by atoms with Crippen molar-refractivity contribution in [1.29, 1.82) is 0 Å². The molecule has 0 bridgehead atoms. The lowest BCUT2D eigenvalue weighted by Gasteiger charge is -2.02. The Labute approximate surface area is 113 Å². The van der Waals surface area contributed by atoms with Gasteiger partial charge in [0.1, 0.15) is 19.6 Å². The van der Waals surface area contributed by atoms with Gasteiger partial charge in [-0.3, -0.25) is 0 Å². The van der Waals surface area contributed by atoms with Crippen molar-refractivity contribution in [3.05, 3.63) is 41.6 Å². The summed E-state index contributed by atoms with van der Waals surface area (Å²) in [5, 5.41) is 4.39. The van der Waals surface area contributed by atoms with Crippen LogP contribution >= 0.6 is 0 Å². The molecule has 2 rings (SSSR count). The minimum Gasteiger partial charge on any atom is -0.234 e. The lowest BCUT2D eigenvalue weighted by molar-refractivity contribution is 0.619. The normalized spacial score (nSPS) is 11.0. The Morgan fingerprint density at radius 1 is 1.26 bits per heavy atom. The molecular weight excluding hydrogens is 257 g/mol. The molecule has 98 valence electrons. The monoisotopic (exact) mass is 273 g/mol. The molecule has 0 aliphatic rings. The lowest BCUT2D eigenvalue weighted by Crippen LogP contribution is -2.16. The van der Waals surface area contributed by atoms with Crippen LogP contribution in [-0.2, 0) is 0 Å². The van der Waals surface area contributed by atoms with Crippen molar-refractivity contribution in [2.24, 2.45) is 0 Å². The van der Waals surface area contributed by atoms with E-state index in [1.807, 2.05) is 13.1 Å².